The number of amides is 2. The molecule has 128 valence electrons. The normalized spacial score (nSPS) is 10.9. The minimum atomic E-state index is -4.33. The van der Waals surface area contributed by atoms with E-state index in [0.29, 0.717) is 3.97 Å². The fourth-order valence-corrected chi connectivity index (χ4v) is 2.42. The monoisotopic (exact) mass is 356 g/mol. The summed E-state index contributed by atoms with van der Waals surface area (Å²) in [6.45, 7) is 1.53. The zero-order valence-electron chi connectivity index (χ0n) is 12.4. The Kier molecular flexibility index (Phi) is 4.64. The van der Waals surface area contributed by atoms with Crippen LogP contribution in [-0.2, 0) is 10.2 Å². The molecule has 2 amide bonds. The molecule has 0 saturated carbocycles. The lowest BCUT2D eigenvalue weighted by Gasteiger charge is -2.09. The number of methoxy groups -OCH3 is 1. The van der Waals surface area contributed by atoms with E-state index in [9.17, 15) is 18.0 Å². The number of carboxylic acid groups (broad SMARTS) is 1. The lowest BCUT2D eigenvalue weighted by Crippen LogP contribution is -2.38. The number of aryl methyl sites for hydroxylation is 1. The van der Waals surface area contributed by atoms with Crippen molar-refractivity contribution >= 4 is 28.2 Å². The van der Waals surface area contributed by atoms with Crippen LogP contribution in [0, 0.1) is 6.92 Å². The molecular formula is C11H12N6O6S. The molecule has 0 atom stereocenters. The van der Waals surface area contributed by atoms with Gasteiger partial charge in [-0.1, -0.05) is 0 Å². The number of rotatable bonds is 5. The summed E-state index contributed by atoms with van der Waals surface area (Å²) in [6, 6.07) is -0.134. The number of anilines is 1. The lowest BCUT2D eigenvalue weighted by atomic mass is 10.4. The van der Waals surface area contributed by atoms with Crippen molar-refractivity contribution in [3.63, 3.8) is 0 Å². The Morgan fingerprint density at radius 2 is 2.00 bits per heavy atom. The number of nitrogens with one attached hydrogen (secondary N) is 2. The SMILES string of the molecule is COc1nc(C)nc(NC(=O)NS(=O)(=O)n2ccc(C(=O)O)c2)n1. The summed E-state index contributed by atoms with van der Waals surface area (Å²) in [5.41, 5.74) is -0.251. The first-order chi connectivity index (χ1) is 11.2. The first kappa shape index (κ1) is 17.1. The Bertz CT molecular complexity index is 892. The Labute approximate surface area is 135 Å². The summed E-state index contributed by atoms with van der Waals surface area (Å²) >= 11 is 0. The van der Waals surface area contributed by atoms with E-state index in [1.165, 1.54) is 14.0 Å². The predicted molar refractivity (Wildman–Crippen MR) is 79.0 cm³/mol. The average Bonchev–Trinajstić information content (AvgIpc) is 2.96. The molecule has 12 nitrogen and oxygen atoms in total. The molecule has 0 aliphatic rings. The summed E-state index contributed by atoms with van der Waals surface area (Å²) in [6.07, 6.45) is 1.82. The molecule has 2 rings (SSSR count). The Morgan fingerprint density at radius 1 is 1.29 bits per heavy atom. The summed E-state index contributed by atoms with van der Waals surface area (Å²) < 4.78 is 31.0. The van der Waals surface area contributed by atoms with Gasteiger partial charge in [0, 0.05) is 12.4 Å². The number of carbonyl (C=O) groups is 2. The first-order valence-corrected chi connectivity index (χ1v) is 7.67. The minimum Gasteiger partial charge on any atom is -0.478 e. The van der Waals surface area contributed by atoms with Crippen LogP contribution in [0.4, 0.5) is 10.7 Å². The largest absolute Gasteiger partial charge is 0.478 e. The number of carbonyl (C=O) groups excluding carboxylic acids is 1. The van der Waals surface area contributed by atoms with E-state index < -0.39 is 22.2 Å². The molecule has 0 aromatic carbocycles. The van der Waals surface area contributed by atoms with Gasteiger partial charge in [0.25, 0.3) is 0 Å². The quantitative estimate of drug-likeness (QED) is 0.646. The first-order valence-electron chi connectivity index (χ1n) is 6.23. The molecule has 0 unspecified atom stereocenters. The van der Waals surface area contributed by atoms with Gasteiger partial charge in [-0.25, -0.2) is 18.3 Å². The van der Waals surface area contributed by atoms with Gasteiger partial charge in [-0.2, -0.15) is 23.4 Å². The molecule has 13 heteroatoms. The number of nitrogens with zero attached hydrogens (tertiary/aromatic N) is 4. The van der Waals surface area contributed by atoms with E-state index in [2.05, 4.69) is 20.3 Å². The smallest absolute Gasteiger partial charge is 0.337 e. The van der Waals surface area contributed by atoms with Gasteiger partial charge in [0.2, 0.25) is 5.95 Å². The highest BCUT2D eigenvalue weighted by molar-refractivity contribution is 7.88. The number of aromatic carboxylic acids is 1. The van der Waals surface area contributed by atoms with Crippen LogP contribution in [0.5, 0.6) is 6.01 Å². The topological polar surface area (TPSA) is 165 Å². The van der Waals surface area contributed by atoms with Crippen LogP contribution in [-0.4, -0.2) is 51.6 Å². The predicted octanol–water partition coefficient (Wildman–Crippen LogP) is -0.397. The molecule has 2 aromatic heterocycles. The Morgan fingerprint density at radius 3 is 2.58 bits per heavy atom. The van der Waals surface area contributed by atoms with Crippen molar-refractivity contribution < 1.29 is 27.9 Å². The molecule has 0 saturated heterocycles. The van der Waals surface area contributed by atoms with Crippen molar-refractivity contribution in [1.29, 1.82) is 0 Å². The molecular weight excluding hydrogens is 344 g/mol. The number of hydrogen-bond donors (Lipinski definition) is 3. The molecule has 0 aliphatic carbocycles. The minimum absolute atomic E-state index is 0.0582. The van der Waals surface area contributed by atoms with Crippen LogP contribution in [0.15, 0.2) is 18.5 Å². The number of carboxylic acids is 1. The molecule has 0 bridgehead atoms. The second-order valence-electron chi connectivity index (χ2n) is 4.29. The summed E-state index contributed by atoms with van der Waals surface area (Å²) in [7, 11) is -3.01. The highest BCUT2D eigenvalue weighted by Crippen LogP contribution is 2.07. The van der Waals surface area contributed by atoms with Crippen molar-refractivity contribution in [3.05, 3.63) is 29.8 Å². The molecule has 2 aromatic rings. The van der Waals surface area contributed by atoms with E-state index >= 15 is 0 Å². The van der Waals surface area contributed by atoms with Crippen molar-refractivity contribution in [2.24, 2.45) is 0 Å². The average molecular weight is 356 g/mol. The molecule has 0 aliphatic heterocycles. The van der Waals surface area contributed by atoms with Crippen molar-refractivity contribution in [2.45, 2.75) is 6.92 Å². The van der Waals surface area contributed by atoms with E-state index in [1.807, 2.05) is 0 Å². The third-order valence-electron chi connectivity index (χ3n) is 2.55. The van der Waals surface area contributed by atoms with Gasteiger partial charge < -0.3 is 9.84 Å². The van der Waals surface area contributed by atoms with Crippen LogP contribution in [0.25, 0.3) is 0 Å². The van der Waals surface area contributed by atoms with Gasteiger partial charge in [0.05, 0.1) is 12.7 Å². The Hall–Kier alpha value is -3.22. The summed E-state index contributed by atoms with van der Waals surface area (Å²) in [5, 5.41) is 10.9. The fourth-order valence-electron chi connectivity index (χ4n) is 1.55. The maximum Gasteiger partial charge on any atom is 0.337 e. The zero-order chi connectivity index (χ0) is 17.9. The lowest BCUT2D eigenvalue weighted by molar-refractivity contribution is 0.0697. The van der Waals surface area contributed by atoms with Gasteiger partial charge >= 0.3 is 28.2 Å². The van der Waals surface area contributed by atoms with Gasteiger partial charge in [-0.15, -0.1) is 0 Å². The standard InChI is InChI=1S/C11H12N6O6S/c1-6-12-9(15-11(13-6)23-2)14-10(20)16-24(21,22)17-4-3-7(5-17)8(18)19/h3-5H,1-2H3,(H,18,19)(H2,12,13,14,15,16,20). The van der Waals surface area contributed by atoms with E-state index in [4.69, 9.17) is 9.84 Å². The van der Waals surface area contributed by atoms with Gasteiger partial charge in [0.15, 0.2) is 0 Å². The van der Waals surface area contributed by atoms with Crippen molar-refractivity contribution in [2.75, 3.05) is 12.4 Å². The van der Waals surface area contributed by atoms with E-state index in [-0.39, 0.29) is 23.3 Å². The van der Waals surface area contributed by atoms with Crippen molar-refractivity contribution in [1.82, 2.24) is 23.6 Å². The number of ether oxygens (including phenoxy) is 1. The van der Waals surface area contributed by atoms with Crippen molar-refractivity contribution in [3.8, 4) is 6.01 Å². The van der Waals surface area contributed by atoms with Gasteiger partial charge in [-0.3, -0.25) is 5.32 Å². The zero-order valence-corrected chi connectivity index (χ0v) is 13.2. The second-order valence-corrected chi connectivity index (χ2v) is 5.87. The molecule has 24 heavy (non-hydrogen) atoms. The highest BCUT2D eigenvalue weighted by atomic mass is 32.2. The van der Waals surface area contributed by atoms with E-state index in [1.54, 1.807) is 4.72 Å². The third-order valence-corrected chi connectivity index (χ3v) is 3.77. The van der Waals surface area contributed by atoms with Crippen LogP contribution in [0.1, 0.15) is 16.2 Å². The third kappa shape index (κ3) is 3.95. The molecule has 2 heterocycles. The summed E-state index contributed by atoms with van der Waals surface area (Å²) in [5.74, 6) is -1.27. The van der Waals surface area contributed by atoms with E-state index in [0.717, 1.165) is 18.5 Å². The maximum atomic E-state index is 12.0. The van der Waals surface area contributed by atoms with Gasteiger partial charge in [0.1, 0.15) is 5.82 Å². The molecule has 0 spiro atoms. The fraction of sp³-hybridized carbons (Fsp3) is 0.182. The summed E-state index contributed by atoms with van der Waals surface area (Å²) in [4.78, 5) is 33.9. The van der Waals surface area contributed by atoms with Crippen LogP contribution in [0.3, 0.4) is 0 Å². The van der Waals surface area contributed by atoms with Crippen LogP contribution < -0.4 is 14.8 Å². The number of urea groups is 1. The number of hydrogen-bond acceptors (Lipinski definition) is 8. The molecule has 3 N–H and O–H groups in total. The molecule has 0 radical (unpaired) electrons. The maximum absolute atomic E-state index is 12.0. The number of aromatic nitrogens is 4. The second kappa shape index (κ2) is 6.49. The Balaban J connectivity index is 2.13. The van der Waals surface area contributed by atoms with Gasteiger partial charge in [-0.05, 0) is 13.0 Å². The highest BCUT2D eigenvalue weighted by Gasteiger charge is 2.19. The van der Waals surface area contributed by atoms with Crippen LogP contribution in [0.2, 0.25) is 0 Å². The van der Waals surface area contributed by atoms with Crippen LogP contribution >= 0.6 is 0 Å². The molecule has 0 fully saturated rings.